The molecule has 0 fully saturated rings. The van der Waals surface area contributed by atoms with Crippen molar-refractivity contribution in [3.8, 4) is 16.2 Å². The van der Waals surface area contributed by atoms with E-state index in [1.54, 1.807) is 19.4 Å². The first-order valence-electron chi connectivity index (χ1n) is 10.6. The van der Waals surface area contributed by atoms with E-state index in [4.69, 9.17) is 0 Å². The molecule has 37 heavy (non-hydrogen) atoms. The molecule has 0 saturated heterocycles. The standard InChI is InChI=1S/C23H19F3N6O3S2/c1-12(16-11-36-20(19(16)33)13-3-5-14(6-4-13)23(24,25)26)29-30-22(35)18-8-7-17(37-18)21(34)27-9-15-10-28-32(2)31-15/h3-8,10-11,33H,9H2,1-2H3,(H,27,34)(H,30,35)/b29-12+. The second kappa shape index (κ2) is 10.5. The van der Waals surface area contributed by atoms with E-state index in [2.05, 4.69) is 26.0 Å². The Kier molecular flexibility index (Phi) is 7.40. The van der Waals surface area contributed by atoms with Gasteiger partial charge >= 0.3 is 6.18 Å². The predicted molar refractivity (Wildman–Crippen MR) is 133 cm³/mol. The molecule has 0 bridgehead atoms. The number of carbonyl (C=O) groups excluding carboxylic acids is 2. The minimum atomic E-state index is -4.45. The molecule has 0 aliphatic heterocycles. The van der Waals surface area contributed by atoms with E-state index >= 15 is 0 Å². The van der Waals surface area contributed by atoms with Gasteiger partial charge in [-0.05, 0) is 36.8 Å². The predicted octanol–water partition coefficient (Wildman–Crippen LogP) is 4.41. The van der Waals surface area contributed by atoms with Crippen LogP contribution >= 0.6 is 22.7 Å². The van der Waals surface area contributed by atoms with E-state index in [-0.39, 0.29) is 23.1 Å². The van der Waals surface area contributed by atoms with Crippen LogP contribution in [0.25, 0.3) is 10.4 Å². The fourth-order valence-electron chi connectivity index (χ4n) is 3.18. The lowest BCUT2D eigenvalue weighted by Gasteiger charge is -2.07. The number of aryl methyl sites for hydroxylation is 1. The molecular formula is C23H19F3N6O3S2. The number of hydrazone groups is 1. The van der Waals surface area contributed by atoms with Crippen molar-refractivity contribution < 1.29 is 27.9 Å². The highest BCUT2D eigenvalue weighted by Gasteiger charge is 2.30. The first kappa shape index (κ1) is 26.0. The van der Waals surface area contributed by atoms with Crippen LogP contribution in [-0.4, -0.2) is 37.6 Å². The van der Waals surface area contributed by atoms with Gasteiger partial charge in [-0.1, -0.05) is 12.1 Å². The average Bonchev–Trinajstić information content (AvgIpc) is 3.60. The Morgan fingerprint density at radius 3 is 2.41 bits per heavy atom. The molecule has 4 aromatic rings. The number of aromatic nitrogens is 3. The van der Waals surface area contributed by atoms with Crippen molar-refractivity contribution in [3.63, 3.8) is 0 Å². The number of carbonyl (C=O) groups is 2. The maximum Gasteiger partial charge on any atom is 0.416 e. The zero-order valence-corrected chi connectivity index (χ0v) is 21.0. The molecule has 0 aliphatic carbocycles. The van der Waals surface area contributed by atoms with Crippen LogP contribution in [0.2, 0.25) is 0 Å². The molecule has 0 saturated carbocycles. The van der Waals surface area contributed by atoms with Crippen LogP contribution in [0.15, 0.2) is 53.1 Å². The molecule has 3 N–H and O–H groups in total. The van der Waals surface area contributed by atoms with Crippen LogP contribution in [0, 0.1) is 0 Å². The van der Waals surface area contributed by atoms with Crippen molar-refractivity contribution in [1.82, 2.24) is 25.7 Å². The van der Waals surface area contributed by atoms with Crippen LogP contribution in [-0.2, 0) is 19.8 Å². The van der Waals surface area contributed by atoms with Crippen LogP contribution in [0.3, 0.4) is 0 Å². The second-order valence-electron chi connectivity index (χ2n) is 7.71. The summed E-state index contributed by atoms with van der Waals surface area (Å²) in [5, 5.41) is 26.9. The summed E-state index contributed by atoms with van der Waals surface area (Å²) in [6, 6.07) is 7.46. The summed E-state index contributed by atoms with van der Waals surface area (Å²) in [7, 11) is 1.66. The van der Waals surface area contributed by atoms with Crippen molar-refractivity contribution >= 4 is 40.2 Å². The van der Waals surface area contributed by atoms with Crippen molar-refractivity contribution in [2.45, 2.75) is 19.6 Å². The van der Waals surface area contributed by atoms with Crippen molar-refractivity contribution in [2.24, 2.45) is 12.1 Å². The Bertz CT molecular complexity index is 1470. The highest BCUT2D eigenvalue weighted by atomic mass is 32.1. The molecule has 0 aliphatic rings. The van der Waals surface area contributed by atoms with Crippen LogP contribution in [0.4, 0.5) is 13.2 Å². The van der Waals surface area contributed by atoms with E-state index in [1.165, 1.54) is 35.3 Å². The Labute approximate surface area is 216 Å². The second-order valence-corrected chi connectivity index (χ2v) is 9.68. The maximum absolute atomic E-state index is 12.8. The summed E-state index contributed by atoms with van der Waals surface area (Å²) >= 11 is 2.12. The lowest BCUT2D eigenvalue weighted by atomic mass is 10.1. The first-order valence-corrected chi connectivity index (χ1v) is 12.3. The summed E-state index contributed by atoms with van der Waals surface area (Å²) in [5.74, 6) is -1.07. The third-order valence-corrected chi connectivity index (χ3v) is 7.19. The van der Waals surface area contributed by atoms with Gasteiger partial charge in [-0.15, -0.1) is 22.7 Å². The van der Waals surface area contributed by atoms with Gasteiger partial charge < -0.3 is 10.4 Å². The normalized spacial score (nSPS) is 12.0. The number of hydrogen-bond acceptors (Lipinski definition) is 8. The zero-order chi connectivity index (χ0) is 26.7. The fraction of sp³-hybridized carbons (Fsp3) is 0.174. The first-order chi connectivity index (χ1) is 17.5. The van der Waals surface area contributed by atoms with Crippen molar-refractivity contribution in [2.75, 3.05) is 0 Å². The Hall–Kier alpha value is -4.04. The van der Waals surface area contributed by atoms with E-state index < -0.39 is 17.6 Å². The molecule has 3 aromatic heterocycles. The van der Waals surface area contributed by atoms with Crippen LogP contribution in [0.5, 0.6) is 5.75 Å². The highest BCUT2D eigenvalue weighted by Crippen LogP contribution is 2.40. The average molecular weight is 549 g/mol. The summed E-state index contributed by atoms with van der Waals surface area (Å²) in [6.45, 7) is 1.76. The van der Waals surface area contributed by atoms with Gasteiger partial charge in [-0.2, -0.15) is 33.3 Å². The minimum absolute atomic E-state index is 0.154. The van der Waals surface area contributed by atoms with Crippen LogP contribution in [0.1, 0.15) is 43.1 Å². The van der Waals surface area contributed by atoms with Crippen LogP contribution < -0.4 is 10.7 Å². The summed E-state index contributed by atoms with van der Waals surface area (Å²) in [5.41, 5.74) is 3.23. The molecule has 4 rings (SSSR count). The third kappa shape index (κ3) is 6.03. The molecule has 1 aromatic carbocycles. The SMILES string of the molecule is C/C(=N\NC(=O)c1ccc(C(=O)NCc2cnn(C)n2)s1)c1csc(-c2ccc(C(F)(F)F)cc2)c1O. The zero-order valence-electron chi connectivity index (χ0n) is 19.3. The topological polar surface area (TPSA) is 122 Å². The molecule has 2 amide bonds. The molecule has 3 heterocycles. The van der Waals surface area contributed by atoms with E-state index in [9.17, 15) is 27.9 Å². The van der Waals surface area contributed by atoms with Gasteiger partial charge in [0, 0.05) is 12.4 Å². The number of thiophene rings is 2. The quantitative estimate of drug-likeness (QED) is 0.233. The van der Waals surface area contributed by atoms with Gasteiger partial charge in [0.05, 0.1) is 44.2 Å². The van der Waals surface area contributed by atoms with Gasteiger partial charge in [0.2, 0.25) is 0 Å². The van der Waals surface area contributed by atoms with E-state index in [0.29, 0.717) is 32.3 Å². The largest absolute Gasteiger partial charge is 0.506 e. The van der Waals surface area contributed by atoms with Crippen molar-refractivity contribution in [3.05, 3.63) is 74.6 Å². The maximum atomic E-state index is 12.8. The molecular weight excluding hydrogens is 529 g/mol. The van der Waals surface area contributed by atoms with E-state index in [1.807, 2.05) is 0 Å². The van der Waals surface area contributed by atoms with E-state index in [0.717, 1.165) is 34.8 Å². The molecule has 0 unspecified atom stereocenters. The third-order valence-electron chi connectivity index (χ3n) is 5.08. The number of halogens is 3. The smallest absolute Gasteiger partial charge is 0.416 e. The molecule has 9 nitrogen and oxygen atoms in total. The lowest BCUT2D eigenvalue weighted by Crippen LogP contribution is -2.22. The molecule has 0 spiro atoms. The summed E-state index contributed by atoms with van der Waals surface area (Å²) in [4.78, 5) is 27.2. The number of aromatic hydroxyl groups is 1. The van der Waals surface area contributed by atoms with Gasteiger partial charge in [0.25, 0.3) is 11.8 Å². The van der Waals surface area contributed by atoms with Gasteiger partial charge in [0.1, 0.15) is 11.4 Å². The lowest BCUT2D eigenvalue weighted by molar-refractivity contribution is -0.137. The summed E-state index contributed by atoms with van der Waals surface area (Å²) in [6.07, 6.45) is -2.92. The Balaban J connectivity index is 1.39. The monoisotopic (exact) mass is 548 g/mol. The molecule has 192 valence electrons. The Morgan fingerprint density at radius 2 is 1.78 bits per heavy atom. The number of nitrogens with zero attached hydrogens (tertiary/aromatic N) is 4. The number of rotatable bonds is 7. The number of alkyl halides is 3. The number of hydrogen-bond donors (Lipinski definition) is 3. The van der Waals surface area contributed by atoms with Crippen molar-refractivity contribution in [1.29, 1.82) is 0 Å². The summed E-state index contributed by atoms with van der Waals surface area (Å²) < 4.78 is 38.4. The van der Waals surface area contributed by atoms with Gasteiger partial charge in [-0.3, -0.25) is 9.59 Å². The molecule has 0 radical (unpaired) electrons. The number of amides is 2. The highest BCUT2D eigenvalue weighted by molar-refractivity contribution is 7.16. The van der Waals surface area contributed by atoms with Gasteiger partial charge in [-0.25, -0.2) is 5.43 Å². The number of benzene rings is 1. The Morgan fingerprint density at radius 1 is 1.11 bits per heavy atom. The fourth-order valence-corrected chi connectivity index (χ4v) is 5.01. The number of nitrogens with one attached hydrogen (secondary N) is 2. The molecule has 14 heteroatoms. The molecule has 0 atom stereocenters. The van der Waals surface area contributed by atoms with Gasteiger partial charge in [0.15, 0.2) is 0 Å². The minimum Gasteiger partial charge on any atom is -0.506 e.